The average Bonchev–Trinajstić information content (AvgIpc) is 2.91. The van der Waals surface area contributed by atoms with Crippen LogP contribution in [0.1, 0.15) is 18.9 Å². The molecule has 0 spiro atoms. The second kappa shape index (κ2) is 2.64. The highest BCUT2D eigenvalue weighted by molar-refractivity contribution is 6.34. The second-order valence-electron chi connectivity index (χ2n) is 3.67. The van der Waals surface area contributed by atoms with Crippen molar-refractivity contribution in [2.24, 2.45) is 0 Å². The van der Waals surface area contributed by atoms with E-state index in [4.69, 9.17) is 11.6 Å². The Labute approximate surface area is 85.3 Å². The van der Waals surface area contributed by atoms with E-state index >= 15 is 0 Å². The number of para-hydroxylation sites is 1. The van der Waals surface area contributed by atoms with Crippen LogP contribution in [0, 0.1) is 0 Å². The molecule has 1 fully saturated rings. The van der Waals surface area contributed by atoms with Crippen molar-refractivity contribution in [2.75, 3.05) is 0 Å². The van der Waals surface area contributed by atoms with Gasteiger partial charge in [0.25, 0.3) is 0 Å². The van der Waals surface area contributed by atoms with Crippen LogP contribution >= 0.6 is 11.6 Å². The molecular weight excluding hydrogens is 200 g/mol. The number of fused-ring (bicyclic) bond motifs is 1. The molecule has 0 bridgehead atoms. The molecule has 1 N–H and O–H groups in total. The van der Waals surface area contributed by atoms with Crippen molar-refractivity contribution in [1.82, 2.24) is 9.55 Å². The van der Waals surface area contributed by atoms with Crippen LogP contribution in [0.3, 0.4) is 0 Å². The minimum Gasteiger partial charge on any atom is -0.304 e. The number of hydrogen-bond donors (Lipinski definition) is 1. The highest BCUT2D eigenvalue weighted by Gasteiger charge is 2.27. The zero-order valence-electron chi connectivity index (χ0n) is 7.46. The number of aromatic nitrogens is 2. The van der Waals surface area contributed by atoms with Gasteiger partial charge in [0.05, 0.1) is 16.1 Å². The highest BCUT2D eigenvalue weighted by Crippen LogP contribution is 2.36. The number of rotatable bonds is 1. The maximum atomic E-state index is 11.6. The lowest BCUT2D eigenvalue weighted by Gasteiger charge is -1.98. The van der Waals surface area contributed by atoms with Crippen LogP contribution in [-0.4, -0.2) is 9.55 Å². The third-order valence-electron chi connectivity index (χ3n) is 2.61. The predicted octanol–water partition coefficient (Wildman–Crippen LogP) is 2.32. The Bertz CT molecular complexity index is 551. The van der Waals surface area contributed by atoms with Crippen LogP contribution < -0.4 is 5.69 Å². The molecule has 3 rings (SSSR count). The normalized spacial score (nSPS) is 16.4. The molecule has 3 nitrogen and oxygen atoms in total. The van der Waals surface area contributed by atoms with E-state index in [1.54, 1.807) is 10.6 Å². The molecular formula is C10H9ClN2O. The summed E-state index contributed by atoms with van der Waals surface area (Å²) in [4.78, 5) is 14.4. The van der Waals surface area contributed by atoms with Crippen LogP contribution in [0.2, 0.25) is 5.02 Å². The number of halogens is 1. The first-order valence-corrected chi connectivity index (χ1v) is 5.04. The van der Waals surface area contributed by atoms with Crippen LogP contribution in [0.4, 0.5) is 0 Å². The number of imidazole rings is 1. The SMILES string of the molecule is O=c1[nH]c2c(Cl)cccc2n1C1CC1. The molecule has 72 valence electrons. The van der Waals surface area contributed by atoms with E-state index in [0.29, 0.717) is 11.1 Å². The van der Waals surface area contributed by atoms with Crippen molar-refractivity contribution in [3.8, 4) is 0 Å². The molecule has 1 aromatic carbocycles. The summed E-state index contributed by atoms with van der Waals surface area (Å²) in [5.41, 5.74) is 1.63. The number of benzene rings is 1. The Kier molecular flexibility index (Phi) is 1.53. The molecule has 0 radical (unpaired) electrons. The molecule has 0 unspecified atom stereocenters. The Morgan fingerprint density at radius 3 is 2.93 bits per heavy atom. The highest BCUT2D eigenvalue weighted by atomic mass is 35.5. The summed E-state index contributed by atoms with van der Waals surface area (Å²) in [7, 11) is 0. The fourth-order valence-electron chi connectivity index (χ4n) is 1.81. The van der Waals surface area contributed by atoms with Gasteiger partial charge < -0.3 is 4.98 Å². The largest absolute Gasteiger partial charge is 0.326 e. The molecule has 0 aliphatic heterocycles. The topological polar surface area (TPSA) is 37.8 Å². The number of hydrogen-bond acceptors (Lipinski definition) is 1. The van der Waals surface area contributed by atoms with Crippen molar-refractivity contribution in [1.29, 1.82) is 0 Å². The van der Waals surface area contributed by atoms with Crippen molar-refractivity contribution in [3.63, 3.8) is 0 Å². The number of nitrogens with zero attached hydrogens (tertiary/aromatic N) is 1. The number of aromatic amines is 1. The first-order valence-electron chi connectivity index (χ1n) is 4.66. The predicted molar refractivity (Wildman–Crippen MR) is 55.8 cm³/mol. The van der Waals surface area contributed by atoms with E-state index in [-0.39, 0.29) is 5.69 Å². The maximum absolute atomic E-state index is 11.6. The summed E-state index contributed by atoms with van der Waals surface area (Å²) in [5, 5.41) is 0.610. The Hall–Kier alpha value is -1.22. The van der Waals surface area contributed by atoms with Gasteiger partial charge in [-0.05, 0) is 25.0 Å². The summed E-state index contributed by atoms with van der Waals surface area (Å²) in [6, 6.07) is 5.97. The lowest BCUT2D eigenvalue weighted by Crippen LogP contribution is -2.14. The van der Waals surface area contributed by atoms with Crippen LogP contribution in [0.25, 0.3) is 11.0 Å². The van der Waals surface area contributed by atoms with Crippen LogP contribution in [0.5, 0.6) is 0 Å². The summed E-state index contributed by atoms with van der Waals surface area (Å²) >= 11 is 5.98. The molecule has 1 aliphatic carbocycles. The van der Waals surface area contributed by atoms with Gasteiger partial charge >= 0.3 is 5.69 Å². The van der Waals surface area contributed by atoms with Crippen molar-refractivity contribution in [2.45, 2.75) is 18.9 Å². The van der Waals surface area contributed by atoms with E-state index < -0.39 is 0 Å². The number of nitrogens with one attached hydrogen (secondary N) is 1. The van der Waals surface area contributed by atoms with Gasteiger partial charge in [-0.25, -0.2) is 4.79 Å². The van der Waals surface area contributed by atoms with E-state index in [1.807, 2.05) is 12.1 Å². The molecule has 0 amide bonds. The van der Waals surface area contributed by atoms with Gasteiger partial charge in [0.2, 0.25) is 0 Å². The zero-order chi connectivity index (χ0) is 9.71. The molecule has 0 atom stereocenters. The molecule has 1 saturated carbocycles. The van der Waals surface area contributed by atoms with E-state index in [1.165, 1.54) is 0 Å². The lowest BCUT2D eigenvalue weighted by molar-refractivity contribution is 0.733. The van der Waals surface area contributed by atoms with E-state index in [2.05, 4.69) is 4.98 Å². The second-order valence-corrected chi connectivity index (χ2v) is 4.07. The van der Waals surface area contributed by atoms with Gasteiger partial charge in [-0.2, -0.15) is 0 Å². The van der Waals surface area contributed by atoms with E-state index in [0.717, 1.165) is 23.9 Å². The molecule has 14 heavy (non-hydrogen) atoms. The molecule has 1 aliphatic rings. The minimum atomic E-state index is -0.0457. The van der Waals surface area contributed by atoms with Crippen LogP contribution in [-0.2, 0) is 0 Å². The van der Waals surface area contributed by atoms with Gasteiger partial charge in [0, 0.05) is 6.04 Å². The van der Waals surface area contributed by atoms with Crippen molar-refractivity contribution in [3.05, 3.63) is 33.7 Å². The monoisotopic (exact) mass is 208 g/mol. The van der Waals surface area contributed by atoms with Gasteiger partial charge in [0.15, 0.2) is 0 Å². The quantitative estimate of drug-likeness (QED) is 0.768. The van der Waals surface area contributed by atoms with Gasteiger partial charge in [0.1, 0.15) is 0 Å². The van der Waals surface area contributed by atoms with Crippen molar-refractivity contribution >= 4 is 22.6 Å². The fraction of sp³-hybridized carbons (Fsp3) is 0.300. The first-order chi connectivity index (χ1) is 6.77. The summed E-state index contributed by atoms with van der Waals surface area (Å²) < 4.78 is 1.81. The molecule has 4 heteroatoms. The average molecular weight is 209 g/mol. The van der Waals surface area contributed by atoms with Gasteiger partial charge in [-0.15, -0.1) is 0 Å². The van der Waals surface area contributed by atoms with Gasteiger partial charge in [-0.1, -0.05) is 17.7 Å². The third-order valence-corrected chi connectivity index (χ3v) is 2.93. The molecule has 1 heterocycles. The first kappa shape index (κ1) is 8.12. The zero-order valence-corrected chi connectivity index (χ0v) is 8.21. The summed E-state index contributed by atoms with van der Waals surface area (Å²) in [6.45, 7) is 0. The Morgan fingerprint density at radius 1 is 1.43 bits per heavy atom. The third kappa shape index (κ3) is 1.02. The summed E-state index contributed by atoms with van der Waals surface area (Å²) in [5.74, 6) is 0. The standard InChI is InChI=1S/C10H9ClN2O/c11-7-2-1-3-8-9(7)12-10(14)13(8)6-4-5-6/h1-3,6H,4-5H2,(H,12,14). The maximum Gasteiger partial charge on any atom is 0.326 e. The lowest BCUT2D eigenvalue weighted by atomic mass is 10.3. The molecule has 0 saturated heterocycles. The van der Waals surface area contributed by atoms with Gasteiger partial charge in [-0.3, -0.25) is 4.57 Å². The van der Waals surface area contributed by atoms with Crippen molar-refractivity contribution < 1.29 is 0 Å². The Balaban J connectivity index is 2.43. The summed E-state index contributed by atoms with van der Waals surface area (Å²) in [6.07, 6.45) is 2.19. The van der Waals surface area contributed by atoms with Crippen LogP contribution in [0.15, 0.2) is 23.0 Å². The smallest absolute Gasteiger partial charge is 0.304 e. The molecule has 2 aromatic rings. The minimum absolute atomic E-state index is 0.0457. The van der Waals surface area contributed by atoms with E-state index in [9.17, 15) is 4.79 Å². The number of H-pyrrole nitrogens is 1. The molecule has 1 aromatic heterocycles. The fourth-order valence-corrected chi connectivity index (χ4v) is 2.03. The Morgan fingerprint density at radius 2 is 2.21 bits per heavy atom.